The molecule has 1 fully saturated rings. The molecule has 0 radical (unpaired) electrons. The third-order valence-corrected chi connectivity index (χ3v) is 2.83. The van der Waals surface area contributed by atoms with Gasteiger partial charge in [0.05, 0.1) is 0 Å². The third kappa shape index (κ3) is 1.94. The van der Waals surface area contributed by atoms with E-state index in [1.807, 2.05) is 36.2 Å². The van der Waals surface area contributed by atoms with Crippen molar-refractivity contribution >= 4 is 17.4 Å². The van der Waals surface area contributed by atoms with E-state index in [0.29, 0.717) is 11.7 Å². The summed E-state index contributed by atoms with van der Waals surface area (Å²) >= 11 is 5.17. The van der Waals surface area contributed by atoms with Gasteiger partial charge < -0.3 is 9.74 Å². The second-order valence-corrected chi connectivity index (χ2v) is 3.98. The Hall–Kier alpha value is -1.39. The van der Waals surface area contributed by atoms with Gasteiger partial charge >= 0.3 is 0 Å². The first-order valence-electron chi connectivity index (χ1n) is 5.11. The Morgan fingerprint density at radius 1 is 1.44 bits per heavy atom. The fourth-order valence-electron chi connectivity index (χ4n) is 1.85. The van der Waals surface area contributed by atoms with Crippen LogP contribution < -0.4 is 0 Å². The molecule has 3 nitrogen and oxygen atoms in total. The minimum Gasteiger partial charge on any atom is -0.373 e. The maximum absolute atomic E-state index is 5.44. The van der Waals surface area contributed by atoms with Crippen LogP contribution in [0.15, 0.2) is 43.0 Å². The van der Waals surface area contributed by atoms with Crippen LogP contribution in [0.3, 0.4) is 0 Å². The Morgan fingerprint density at radius 2 is 2.12 bits per heavy atom. The van der Waals surface area contributed by atoms with E-state index in [4.69, 9.17) is 17.1 Å². The number of hydroxylamine groups is 2. The first-order valence-corrected chi connectivity index (χ1v) is 5.52. The number of thiocarbonyl (C=S) groups is 1. The summed E-state index contributed by atoms with van der Waals surface area (Å²) in [5.74, 6) is 0. The van der Waals surface area contributed by atoms with Gasteiger partial charge in [-0.15, -0.1) is 11.6 Å². The lowest BCUT2D eigenvalue weighted by Gasteiger charge is -2.23. The minimum absolute atomic E-state index is 0.0340. The highest BCUT2D eigenvalue weighted by atomic mass is 32.1. The van der Waals surface area contributed by atoms with Crippen LogP contribution in [0, 0.1) is 0 Å². The molecule has 84 valence electrons. The second kappa shape index (κ2) is 4.63. The summed E-state index contributed by atoms with van der Waals surface area (Å²) in [7, 11) is 1.88. The van der Waals surface area contributed by atoms with Crippen LogP contribution in [0.5, 0.6) is 0 Å². The molecule has 16 heavy (non-hydrogen) atoms. The SMILES string of the molecule is C=CCN1C(=S)ON(C)C1c1ccccc1. The van der Waals surface area contributed by atoms with Crippen molar-refractivity contribution in [3.8, 4) is 0 Å². The van der Waals surface area contributed by atoms with Crippen LogP contribution in [-0.2, 0) is 4.84 Å². The predicted molar refractivity (Wildman–Crippen MR) is 67.5 cm³/mol. The van der Waals surface area contributed by atoms with E-state index in [0.717, 1.165) is 5.56 Å². The average molecular weight is 234 g/mol. The molecule has 1 aromatic rings. The van der Waals surface area contributed by atoms with Crippen LogP contribution in [0.4, 0.5) is 0 Å². The number of hydrogen-bond acceptors (Lipinski definition) is 3. The molecule has 1 saturated heterocycles. The number of nitrogens with zero attached hydrogens (tertiary/aromatic N) is 2. The lowest BCUT2D eigenvalue weighted by Crippen LogP contribution is -2.30. The maximum atomic E-state index is 5.44. The Bertz CT molecular complexity index is 393. The van der Waals surface area contributed by atoms with Gasteiger partial charge in [-0.05, 0) is 17.8 Å². The molecule has 1 aromatic carbocycles. The van der Waals surface area contributed by atoms with Gasteiger partial charge in [0.15, 0.2) is 0 Å². The minimum atomic E-state index is 0.0340. The molecule has 1 atom stereocenters. The van der Waals surface area contributed by atoms with E-state index in [1.54, 1.807) is 5.06 Å². The Balaban J connectivity index is 2.30. The summed E-state index contributed by atoms with van der Waals surface area (Å²) in [5, 5.41) is 2.26. The predicted octanol–water partition coefficient (Wildman–Crippen LogP) is 2.34. The quantitative estimate of drug-likeness (QED) is 0.589. The lowest BCUT2D eigenvalue weighted by molar-refractivity contribution is -0.0600. The van der Waals surface area contributed by atoms with Gasteiger partial charge in [-0.2, -0.15) is 0 Å². The standard InChI is InChI=1S/C12H14N2OS/c1-3-9-14-11(13(2)15-12(14)16)10-7-5-4-6-8-10/h3-8,11H,1,9H2,2H3. The van der Waals surface area contributed by atoms with Crippen molar-refractivity contribution in [3.05, 3.63) is 48.6 Å². The average Bonchev–Trinajstić information content (AvgIpc) is 2.56. The van der Waals surface area contributed by atoms with Gasteiger partial charge in [-0.25, -0.2) is 0 Å². The number of rotatable bonds is 3. The second-order valence-electron chi connectivity index (χ2n) is 3.63. The molecule has 2 rings (SSSR count). The van der Waals surface area contributed by atoms with Crippen molar-refractivity contribution in [1.82, 2.24) is 9.96 Å². The number of hydrogen-bond donors (Lipinski definition) is 0. The van der Waals surface area contributed by atoms with Crippen molar-refractivity contribution in [1.29, 1.82) is 0 Å². The highest BCUT2D eigenvalue weighted by Crippen LogP contribution is 2.30. The largest absolute Gasteiger partial charge is 0.373 e. The molecule has 4 heteroatoms. The third-order valence-electron chi connectivity index (χ3n) is 2.52. The van der Waals surface area contributed by atoms with Crippen molar-refractivity contribution in [2.75, 3.05) is 13.6 Å². The Labute approximate surface area is 101 Å². The smallest absolute Gasteiger partial charge is 0.283 e. The summed E-state index contributed by atoms with van der Waals surface area (Å²) in [4.78, 5) is 7.43. The van der Waals surface area contributed by atoms with E-state index >= 15 is 0 Å². The Kier molecular flexibility index (Phi) is 3.22. The van der Waals surface area contributed by atoms with Crippen LogP contribution in [0.2, 0.25) is 0 Å². The molecular formula is C12H14N2OS. The van der Waals surface area contributed by atoms with Crippen LogP contribution in [0.1, 0.15) is 11.7 Å². The molecule has 0 aromatic heterocycles. The molecule has 0 amide bonds. The molecule has 0 aliphatic carbocycles. The number of benzene rings is 1. The zero-order valence-electron chi connectivity index (χ0n) is 9.17. The molecule has 1 unspecified atom stereocenters. The van der Waals surface area contributed by atoms with Crippen LogP contribution >= 0.6 is 12.2 Å². The van der Waals surface area contributed by atoms with Crippen LogP contribution in [-0.4, -0.2) is 28.7 Å². The summed E-state index contributed by atoms with van der Waals surface area (Å²) < 4.78 is 0. The molecule has 0 saturated carbocycles. The van der Waals surface area contributed by atoms with Gasteiger partial charge in [0.25, 0.3) is 5.17 Å². The fraction of sp³-hybridized carbons (Fsp3) is 0.250. The molecule has 0 bridgehead atoms. The summed E-state index contributed by atoms with van der Waals surface area (Å²) in [6.07, 6.45) is 1.86. The molecule has 0 spiro atoms. The normalized spacial score (nSPS) is 20.9. The van der Waals surface area contributed by atoms with Crippen molar-refractivity contribution in [3.63, 3.8) is 0 Å². The molecule has 1 heterocycles. The highest BCUT2D eigenvalue weighted by Gasteiger charge is 2.35. The van der Waals surface area contributed by atoms with E-state index in [1.165, 1.54) is 0 Å². The fourth-order valence-corrected chi connectivity index (χ4v) is 2.14. The topological polar surface area (TPSA) is 15.7 Å². The van der Waals surface area contributed by atoms with Gasteiger partial charge in [-0.3, -0.25) is 0 Å². The molecule has 1 aliphatic heterocycles. The first kappa shape index (κ1) is 11.1. The monoisotopic (exact) mass is 234 g/mol. The van der Waals surface area contributed by atoms with Crippen molar-refractivity contribution < 1.29 is 4.84 Å². The maximum Gasteiger partial charge on any atom is 0.283 e. The highest BCUT2D eigenvalue weighted by molar-refractivity contribution is 7.80. The van der Waals surface area contributed by atoms with Gasteiger partial charge in [0.1, 0.15) is 6.17 Å². The summed E-state index contributed by atoms with van der Waals surface area (Å²) in [5.41, 5.74) is 1.16. The van der Waals surface area contributed by atoms with Crippen LogP contribution in [0.25, 0.3) is 0 Å². The first-order chi connectivity index (χ1) is 7.74. The van der Waals surface area contributed by atoms with Crippen molar-refractivity contribution in [2.24, 2.45) is 0 Å². The molecular weight excluding hydrogens is 220 g/mol. The van der Waals surface area contributed by atoms with E-state index < -0.39 is 0 Å². The van der Waals surface area contributed by atoms with E-state index in [9.17, 15) is 0 Å². The molecule has 0 N–H and O–H groups in total. The zero-order chi connectivity index (χ0) is 11.5. The summed E-state index contributed by atoms with van der Waals surface area (Å²) in [6.45, 7) is 4.42. The Morgan fingerprint density at radius 3 is 2.75 bits per heavy atom. The van der Waals surface area contributed by atoms with Gasteiger partial charge in [0, 0.05) is 13.6 Å². The van der Waals surface area contributed by atoms with Gasteiger partial charge in [-0.1, -0.05) is 36.4 Å². The lowest BCUT2D eigenvalue weighted by atomic mass is 10.1. The summed E-state index contributed by atoms with van der Waals surface area (Å²) in [6, 6.07) is 10.1. The zero-order valence-corrected chi connectivity index (χ0v) is 9.98. The van der Waals surface area contributed by atoms with E-state index in [2.05, 4.69) is 18.7 Å². The van der Waals surface area contributed by atoms with Crippen molar-refractivity contribution in [2.45, 2.75) is 6.17 Å². The molecule has 1 aliphatic rings. The van der Waals surface area contributed by atoms with E-state index in [-0.39, 0.29) is 6.17 Å². The van der Waals surface area contributed by atoms with Gasteiger partial charge in [0.2, 0.25) is 0 Å².